The summed E-state index contributed by atoms with van der Waals surface area (Å²) < 4.78 is 5.23. The fraction of sp³-hybridized carbons (Fsp3) is 0.769. The molecular weight excluding hydrogens is 214 g/mol. The molecule has 2 aliphatic rings. The highest BCUT2D eigenvalue weighted by molar-refractivity contribution is 5.20. The van der Waals surface area contributed by atoms with Crippen LogP contribution in [0.2, 0.25) is 0 Å². The highest BCUT2D eigenvalue weighted by Gasteiger charge is 2.34. The fourth-order valence-corrected chi connectivity index (χ4v) is 2.75. The van der Waals surface area contributed by atoms with E-state index in [4.69, 9.17) is 4.52 Å². The SMILES string of the molecule is Cc1noc(C)c1CN1CCNC(C2CC2)C1. The summed E-state index contributed by atoms with van der Waals surface area (Å²) in [6.45, 7) is 8.46. The number of rotatable bonds is 3. The molecule has 0 amide bonds. The van der Waals surface area contributed by atoms with Gasteiger partial charge in [-0.1, -0.05) is 5.16 Å². The lowest BCUT2D eigenvalue weighted by atomic mass is 10.1. The summed E-state index contributed by atoms with van der Waals surface area (Å²) >= 11 is 0. The number of nitrogens with zero attached hydrogens (tertiary/aromatic N) is 2. The lowest BCUT2D eigenvalue weighted by molar-refractivity contribution is 0.180. The van der Waals surface area contributed by atoms with E-state index in [2.05, 4.69) is 15.4 Å². The van der Waals surface area contributed by atoms with E-state index in [0.717, 1.165) is 37.0 Å². The Labute approximate surface area is 102 Å². The Hall–Kier alpha value is -0.870. The average molecular weight is 235 g/mol. The van der Waals surface area contributed by atoms with Crippen LogP contribution in [0, 0.1) is 19.8 Å². The minimum atomic E-state index is 0.712. The number of nitrogens with one attached hydrogen (secondary N) is 1. The Morgan fingerprint density at radius 2 is 2.24 bits per heavy atom. The molecule has 1 saturated carbocycles. The van der Waals surface area contributed by atoms with Gasteiger partial charge >= 0.3 is 0 Å². The van der Waals surface area contributed by atoms with E-state index in [0.29, 0.717) is 6.04 Å². The van der Waals surface area contributed by atoms with Crippen molar-refractivity contribution >= 4 is 0 Å². The van der Waals surface area contributed by atoms with Crippen molar-refractivity contribution in [2.24, 2.45) is 5.92 Å². The van der Waals surface area contributed by atoms with Crippen molar-refractivity contribution in [3.63, 3.8) is 0 Å². The third-order valence-corrected chi connectivity index (χ3v) is 4.04. The van der Waals surface area contributed by atoms with Crippen molar-refractivity contribution in [3.8, 4) is 0 Å². The van der Waals surface area contributed by atoms with Crippen molar-refractivity contribution in [2.75, 3.05) is 19.6 Å². The van der Waals surface area contributed by atoms with Gasteiger partial charge in [0.2, 0.25) is 0 Å². The second-order valence-corrected chi connectivity index (χ2v) is 5.44. The summed E-state index contributed by atoms with van der Waals surface area (Å²) in [5, 5.41) is 7.67. The summed E-state index contributed by atoms with van der Waals surface area (Å²) in [5.74, 6) is 1.91. The van der Waals surface area contributed by atoms with E-state index in [9.17, 15) is 0 Å². The Morgan fingerprint density at radius 1 is 1.41 bits per heavy atom. The van der Waals surface area contributed by atoms with Gasteiger partial charge in [0.15, 0.2) is 0 Å². The first-order chi connectivity index (χ1) is 8.24. The van der Waals surface area contributed by atoms with Crippen molar-refractivity contribution < 1.29 is 4.52 Å². The normalized spacial score (nSPS) is 26.4. The molecule has 1 aliphatic heterocycles. The van der Waals surface area contributed by atoms with Crippen LogP contribution in [0.25, 0.3) is 0 Å². The first kappa shape index (κ1) is 11.2. The number of hydrogen-bond acceptors (Lipinski definition) is 4. The number of aryl methyl sites for hydroxylation is 2. The zero-order valence-electron chi connectivity index (χ0n) is 10.7. The van der Waals surface area contributed by atoms with Gasteiger partial charge in [-0.15, -0.1) is 0 Å². The highest BCUT2D eigenvalue weighted by atomic mass is 16.5. The van der Waals surface area contributed by atoms with Crippen molar-refractivity contribution in [2.45, 2.75) is 39.3 Å². The van der Waals surface area contributed by atoms with Crippen molar-refractivity contribution in [1.82, 2.24) is 15.4 Å². The van der Waals surface area contributed by atoms with Gasteiger partial charge in [-0.3, -0.25) is 4.90 Å². The van der Waals surface area contributed by atoms with Crippen LogP contribution in [0.5, 0.6) is 0 Å². The zero-order valence-corrected chi connectivity index (χ0v) is 10.7. The first-order valence-electron chi connectivity index (χ1n) is 6.61. The molecule has 3 rings (SSSR count). The largest absolute Gasteiger partial charge is 0.361 e. The van der Waals surface area contributed by atoms with Crippen LogP contribution >= 0.6 is 0 Å². The molecule has 0 bridgehead atoms. The lowest BCUT2D eigenvalue weighted by Gasteiger charge is -2.33. The van der Waals surface area contributed by atoms with Gasteiger partial charge in [-0.2, -0.15) is 0 Å². The minimum Gasteiger partial charge on any atom is -0.361 e. The molecule has 94 valence electrons. The number of piperazine rings is 1. The van der Waals surface area contributed by atoms with Crippen molar-refractivity contribution in [3.05, 3.63) is 17.0 Å². The third kappa shape index (κ3) is 2.38. The molecule has 1 atom stereocenters. The zero-order chi connectivity index (χ0) is 11.8. The summed E-state index contributed by atoms with van der Waals surface area (Å²) in [4.78, 5) is 2.53. The molecule has 0 aromatic carbocycles. The smallest absolute Gasteiger partial charge is 0.138 e. The van der Waals surface area contributed by atoms with Crippen LogP contribution in [0.15, 0.2) is 4.52 Å². The Kier molecular flexibility index (Phi) is 2.92. The van der Waals surface area contributed by atoms with Crippen LogP contribution in [-0.4, -0.2) is 35.7 Å². The fourth-order valence-electron chi connectivity index (χ4n) is 2.75. The molecule has 17 heavy (non-hydrogen) atoms. The maximum absolute atomic E-state index is 5.23. The first-order valence-corrected chi connectivity index (χ1v) is 6.61. The molecule has 1 saturated heterocycles. The van der Waals surface area contributed by atoms with Crippen LogP contribution in [0.4, 0.5) is 0 Å². The maximum atomic E-state index is 5.23. The van der Waals surface area contributed by atoms with Gasteiger partial charge in [0.1, 0.15) is 5.76 Å². The topological polar surface area (TPSA) is 41.3 Å². The van der Waals surface area contributed by atoms with Gasteiger partial charge in [0.05, 0.1) is 5.69 Å². The molecule has 2 heterocycles. The van der Waals surface area contributed by atoms with E-state index < -0.39 is 0 Å². The van der Waals surface area contributed by atoms with E-state index in [1.807, 2.05) is 13.8 Å². The van der Waals surface area contributed by atoms with Crippen molar-refractivity contribution in [1.29, 1.82) is 0 Å². The van der Waals surface area contributed by atoms with Gasteiger partial charge in [-0.05, 0) is 32.6 Å². The highest BCUT2D eigenvalue weighted by Crippen LogP contribution is 2.33. The molecular formula is C13H21N3O. The lowest BCUT2D eigenvalue weighted by Crippen LogP contribution is -2.51. The molecule has 1 unspecified atom stereocenters. The van der Waals surface area contributed by atoms with Gasteiger partial charge < -0.3 is 9.84 Å². The standard InChI is InChI=1S/C13H21N3O/c1-9-12(10(2)17-15-9)7-16-6-5-14-13(8-16)11-3-4-11/h11,13-14H,3-8H2,1-2H3. The quantitative estimate of drug-likeness (QED) is 0.861. The van der Waals surface area contributed by atoms with Gasteiger partial charge in [0, 0.05) is 37.8 Å². The second-order valence-electron chi connectivity index (χ2n) is 5.44. The molecule has 4 nitrogen and oxygen atoms in total. The van der Waals surface area contributed by atoms with Gasteiger partial charge in [0.25, 0.3) is 0 Å². The molecule has 0 spiro atoms. The Bertz CT molecular complexity index is 378. The molecule has 0 radical (unpaired) electrons. The molecule has 1 aromatic rings. The number of hydrogen-bond donors (Lipinski definition) is 1. The summed E-state index contributed by atoms with van der Waals surface area (Å²) in [6.07, 6.45) is 2.83. The van der Waals surface area contributed by atoms with E-state index in [1.165, 1.54) is 24.9 Å². The maximum Gasteiger partial charge on any atom is 0.138 e. The van der Waals surface area contributed by atoms with Gasteiger partial charge in [-0.25, -0.2) is 0 Å². The van der Waals surface area contributed by atoms with E-state index in [1.54, 1.807) is 0 Å². The number of aromatic nitrogens is 1. The Morgan fingerprint density at radius 3 is 2.88 bits per heavy atom. The average Bonchev–Trinajstić information content (AvgIpc) is 3.13. The monoisotopic (exact) mass is 235 g/mol. The predicted octanol–water partition coefficient (Wildman–Crippen LogP) is 1.48. The third-order valence-electron chi connectivity index (χ3n) is 4.04. The van der Waals surface area contributed by atoms with Crippen LogP contribution in [0.1, 0.15) is 29.9 Å². The van der Waals surface area contributed by atoms with Crippen LogP contribution in [-0.2, 0) is 6.54 Å². The molecule has 4 heteroatoms. The predicted molar refractivity (Wildman–Crippen MR) is 65.8 cm³/mol. The summed E-state index contributed by atoms with van der Waals surface area (Å²) in [7, 11) is 0. The minimum absolute atomic E-state index is 0.712. The van der Waals surface area contributed by atoms with Crippen LogP contribution < -0.4 is 5.32 Å². The Balaban J connectivity index is 1.64. The van der Waals surface area contributed by atoms with E-state index in [-0.39, 0.29) is 0 Å². The summed E-state index contributed by atoms with van der Waals surface area (Å²) in [5.41, 5.74) is 2.32. The molecule has 2 fully saturated rings. The molecule has 1 aromatic heterocycles. The second kappa shape index (κ2) is 4.42. The molecule has 1 aliphatic carbocycles. The summed E-state index contributed by atoms with van der Waals surface area (Å²) in [6, 6.07) is 0.712. The molecule has 1 N–H and O–H groups in total. The van der Waals surface area contributed by atoms with E-state index >= 15 is 0 Å². The van der Waals surface area contributed by atoms with Crippen LogP contribution in [0.3, 0.4) is 0 Å².